The van der Waals surface area contributed by atoms with Gasteiger partial charge in [-0.2, -0.15) is 0 Å². The van der Waals surface area contributed by atoms with Crippen LogP contribution in [0.2, 0.25) is 0 Å². The molecule has 0 fully saturated rings. The van der Waals surface area contributed by atoms with Gasteiger partial charge >= 0.3 is 0 Å². The average molecular weight is 327 g/mol. The van der Waals surface area contributed by atoms with E-state index in [0.29, 0.717) is 29.5 Å². The van der Waals surface area contributed by atoms with Crippen LogP contribution in [0.1, 0.15) is 61.6 Å². The molecule has 0 aliphatic heterocycles. The third kappa shape index (κ3) is 3.34. The van der Waals surface area contributed by atoms with Gasteiger partial charge in [-0.3, -0.25) is 4.79 Å². The first kappa shape index (κ1) is 15.9. The van der Waals surface area contributed by atoms with Crippen molar-refractivity contribution in [3.63, 3.8) is 0 Å². The molecular formula is C18H21N3OS. The Hall–Kier alpha value is -2.01. The fraction of sp³-hybridized carbons (Fsp3) is 0.389. The van der Waals surface area contributed by atoms with Crippen molar-refractivity contribution in [2.24, 2.45) is 0 Å². The molecule has 3 rings (SSSR count). The molecule has 2 heterocycles. The van der Waals surface area contributed by atoms with Gasteiger partial charge in [-0.25, -0.2) is 9.97 Å². The fourth-order valence-corrected chi connectivity index (χ4v) is 3.32. The number of nitrogens with zero attached hydrogens (tertiary/aromatic N) is 2. The minimum atomic E-state index is -0.0770. The highest BCUT2D eigenvalue weighted by Crippen LogP contribution is 2.21. The molecule has 0 bridgehead atoms. The van der Waals surface area contributed by atoms with Crippen LogP contribution < -0.4 is 5.56 Å². The summed E-state index contributed by atoms with van der Waals surface area (Å²) in [6, 6.07) is 5.92. The fourth-order valence-electron chi connectivity index (χ4n) is 2.49. The van der Waals surface area contributed by atoms with Gasteiger partial charge in [0.15, 0.2) is 0 Å². The zero-order valence-electron chi connectivity index (χ0n) is 13.9. The van der Waals surface area contributed by atoms with Crippen molar-refractivity contribution in [2.45, 2.75) is 46.0 Å². The molecule has 1 N–H and O–H groups in total. The first-order valence-electron chi connectivity index (χ1n) is 7.91. The van der Waals surface area contributed by atoms with Crippen LogP contribution in [0.25, 0.3) is 10.9 Å². The number of rotatable bonds is 4. The van der Waals surface area contributed by atoms with Crippen LogP contribution in [0, 0.1) is 0 Å². The molecule has 0 saturated heterocycles. The molecule has 2 aromatic heterocycles. The maximum Gasteiger partial charge on any atom is 0.258 e. The summed E-state index contributed by atoms with van der Waals surface area (Å²) in [4.78, 5) is 24.5. The van der Waals surface area contributed by atoms with Gasteiger partial charge < -0.3 is 4.98 Å². The molecule has 120 valence electrons. The summed E-state index contributed by atoms with van der Waals surface area (Å²) in [7, 11) is 0. The minimum absolute atomic E-state index is 0.0770. The standard InChI is InChI=1S/C18H21N3OS/c1-10(2)12-5-6-15-14(7-12)17(22)21-16(20-15)8-13-9-23-18(19-13)11(3)4/h5-7,9-11H,8H2,1-4H3,(H,20,21,22). The first-order valence-corrected chi connectivity index (χ1v) is 8.79. The van der Waals surface area contributed by atoms with Gasteiger partial charge in [0.1, 0.15) is 5.82 Å². The maximum absolute atomic E-state index is 12.4. The molecule has 0 saturated carbocycles. The molecule has 0 atom stereocenters. The van der Waals surface area contributed by atoms with E-state index in [0.717, 1.165) is 21.8 Å². The zero-order chi connectivity index (χ0) is 16.6. The molecule has 0 unspecified atom stereocenters. The van der Waals surface area contributed by atoms with Crippen molar-refractivity contribution in [3.8, 4) is 0 Å². The van der Waals surface area contributed by atoms with Gasteiger partial charge in [-0.1, -0.05) is 33.8 Å². The lowest BCUT2D eigenvalue weighted by molar-refractivity contribution is 0.836. The SMILES string of the molecule is CC(C)c1ccc2nc(Cc3csc(C(C)C)n3)[nH]c(=O)c2c1. The van der Waals surface area contributed by atoms with Crippen LogP contribution in [0.4, 0.5) is 0 Å². The van der Waals surface area contributed by atoms with E-state index >= 15 is 0 Å². The van der Waals surface area contributed by atoms with Gasteiger partial charge in [0.2, 0.25) is 0 Å². The lowest BCUT2D eigenvalue weighted by Crippen LogP contribution is -2.12. The summed E-state index contributed by atoms with van der Waals surface area (Å²) in [6.45, 7) is 8.49. The highest BCUT2D eigenvalue weighted by molar-refractivity contribution is 7.09. The van der Waals surface area contributed by atoms with E-state index < -0.39 is 0 Å². The molecular weight excluding hydrogens is 306 g/mol. The second-order valence-corrected chi connectivity index (χ2v) is 7.34. The number of aromatic amines is 1. The van der Waals surface area contributed by atoms with E-state index in [-0.39, 0.29) is 5.56 Å². The van der Waals surface area contributed by atoms with Gasteiger partial charge in [-0.15, -0.1) is 11.3 Å². The summed E-state index contributed by atoms with van der Waals surface area (Å²) in [6.07, 6.45) is 0.556. The van der Waals surface area contributed by atoms with Crippen molar-refractivity contribution in [1.29, 1.82) is 0 Å². The van der Waals surface area contributed by atoms with Crippen LogP contribution in [0.3, 0.4) is 0 Å². The van der Waals surface area contributed by atoms with E-state index in [2.05, 4.69) is 42.6 Å². The summed E-state index contributed by atoms with van der Waals surface area (Å²) in [5.41, 5.74) is 2.78. The first-order chi connectivity index (χ1) is 10.9. The number of hydrogen-bond donors (Lipinski definition) is 1. The Morgan fingerprint density at radius 1 is 1.13 bits per heavy atom. The van der Waals surface area contributed by atoms with E-state index in [1.54, 1.807) is 11.3 Å². The van der Waals surface area contributed by atoms with Gasteiger partial charge in [0.05, 0.1) is 21.6 Å². The highest BCUT2D eigenvalue weighted by atomic mass is 32.1. The van der Waals surface area contributed by atoms with Crippen LogP contribution in [-0.4, -0.2) is 15.0 Å². The molecule has 3 aromatic rings. The smallest absolute Gasteiger partial charge is 0.258 e. The van der Waals surface area contributed by atoms with E-state index in [9.17, 15) is 4.79 Å². The van der Waals surface area contributed by atoms with Crippen molar-refractivity contribution in [3.05, 3.63) is 56.0 Å². The van der Waals surface area contributed by atoms with E-state index in [4.69, 9.17) is 0 Å². The summed E-state index contributed by atoms with van der Waals surface area (Å²) in [5.74, 6) is 1.48. The molecule has 23 heavy (non-hydrogen) atoms. The quantitative estimate of drug-likeness (QED) is 0.780. The number of H-pyrrole nitrogens is 1. The largest absolute Gasteiger partial charge is 0.310 e. The minimum Gasteiger partial charge on any atom is -0.310 e. The number of benzene rings is 1. The van der Waals surface area contributed by atoms with Crippen molar-refractivity contribution in [2.75, 3.05) is 0 Å². The Kier molecular flexibility index (Phi) is 4.31. The second kappa shape index (κ2) is 6.24. The number of thiazole rings is 1. The predicted octanol–water partition coefficient (Wildman–Crippen LogP) is 4.22. The average Bonchev–Trinajstić information content (AvgIpc) is 2.95. The number of aromatic nitrogens is 3. The monoisotopic (exact) mass is 327 g/mol. The highest BCUT2D eigenvalue weighted by Gasteiger charge is 2.10. The maximum atomic E-state index is 12.4. The van der Waals surface area contributed by atoms with Crippen LogP contribution in [-0.2, 0) is 6.42 Å². The molecule has 0 aliphatic rings. The number of nitrogens with one attached hydrogen (secondary N) is 1. The molecule has 4 nitrogen and oxygen atoms in total. The predicted molar refractivity (Wildman–Crippen MR) is 95.5 cm³/mol. The Balaban J connectivity index is 1.96. The lowest BCUT2D eigenvalue weighted by atomic mass is 10.0. The molecule has 0 spiro atoms. The molecule has 5 heteroatoms. The lowest BCUT2D eigenvalue weighted by Gasteiger charge is -2.07. The number of fused-ring (bicyclic) bond motifs is 1. The summed E-state index contributed by atoms with van der Waals surface area (Å²) in [5, 5.41) is 3.81. The topological polar surface area (TPSA) is 58.6 Å². The molecule has 0 amide bonds. The third-order valence-corrected chi connectivity index (χ3v) is 5.05. The zero-order valence-corrected chi connectivity index (χ0v) is 14.7. The van der Waals surface area contributed by atoms with Crippen molar-refractivity contribution in [1.82, 2.24) is 15.0 Å². The number of hydrogen-bond acceptors (Lipinski definition) is 4. The van der Waals surface area contributed by atoms with Crippen molar-refractivity contribution < 1.29 is 0 Å². The normalized spacial score (nSPS) is 11.7. The Morgan fingerprint density at radius 3 is 2.57 bits per heavy atom. The van der Waals surface area contributed by atoms with Gasteiger partial charge in [0.25, 0.3) is 5.56 Å². The van der Waals surface area contributed by atoms with Crippen LogP contribution >= 0.6 is 11.3 Å². The summed E-state index contributed by atoms with van der Waals surface area (Å²) >= 11 is 1.66. The Labute approximate surface area is 139 Å². The molecule has 0 aliphatic carbocycles. The van der Waals surface area contributed by atoms with Gasteiger partial charge in [-0.05, 0) is 23.6 Å². The third-order valence-electron chi connectivity index (χ3n) is 3.86. The molecule has 1 aromatic carbocycles. The van der Waals surface area contributed by atoms with Crippen LogP contribution in [0.5, 0.6) is 0 Å². The Morgan fingerprint density at radius 2 is 1.91 bits per heavy atom. The van der Waals surface area contributed by atoms with Gasteiger partial charge in [0, 0.05) is 17.7 Å². The van der Waals surface area contributed by atoms with Crippen molar-refractivity contribution >= 4 is 22.2 Å². The van der Waals surface area contributed by atoms with E-state index in [1.807, 2.05) is 23.6 Å². The van der Waals surface area contributed by atoms with E-state index in [1.165, 1.54) is 0 Å². The molecule has 0 radical (unpaired) electrons. The second-order valence-electron chi connectivity index (χ2n) is 6.45. The summed E-state index contributed by atoms with van der Waals surface area (Å²) < 4.78 is 0. The Bertz CT molecular complexity index is 893. The van der Waals surface area contributed by atoms with Crippen LogP contribution in [0.15, 0.2) is 28.4 Å².